The van der Waals surface area contributed by atoms with Crippen LogP contribution in [0, 0.1) is 34.5 Å². The molecule has 6 saturated carbocycles. The quantitative estimate of drug-likeness (QED) is 0.129. The van der Waals surface area contributed by atoms with Gasteiger partial charge in [-0.25, -0.2) is 9.97 Å². The molecule has 10 heteroatoms. The number of hydrogen-bond acceptors (Lipinski definition) is 6. The molecule has 1 aliphatic heterocycles. The van der Waals surface area contributed by atoms with Gasteiger partial charge < -0.3 is 24.8 Å². The van der Waals surface area contributed by atoms with E-state index < -0.39 is 11.3 Å². The maximum atomic E-state index is 13.4. The summed E-state index contributed by atoms with van der Waals surface area (Å²) in [5.74, 6) is 5.45. The maximum absolute atomic E-state index is 13.4. The van der Waals surface area contributed by atoms with Crippen LogP contribution >= 0.6 is 0 Å². The lowest BCUT2D eigenvalue weighted by molar-refractivity contribution is -0.144. The zero-order valence-electron chi connectivity index (χ0n) is 39.0. The number of carbonyl (C=O) groups excluding carboxylic acids is 2. The van der Waals surface area contributed by atoms with Crippen molar-refractivity contribution in [2.45, 2.75) is 176 Å². The van der Waals surface area contributed by atoms with Gasteiger partial charge >= 0.3 is 0 Å². The summed E-state index contributed by atoms with van der Waals surface area (Å²) in [6, 6.07) is 13.4. The Balaban J connectivity index is 0.996. The van der Waals surface area contributed by atoms with Gasteiger partial charge in [0.2, 0.25) is 5.72 Å². The van der Waals surface area contributed by atoms with Gasteiger partial charge in [-0.2, -0.15) is 0 Å². The highest BCUT2D eigenvalue weighted by Crippen LogP contribution is 2.53. The topological polar surface area (TPSA) is 125 Å². The number of aromatic amines is 2. The van der Waals surface area contributed by atoms with Crippen LogP contribution < -0.4 is 5.32 Å². The number of imidazole rings is 2. The molecule has 0 spiro atoms. The van der Waals surface area contributed by atoms with Gasteiger partial charge in [-0.05, 0) is 155 Å². The smallest absolute Gasteiger partial charge is 0.279 e. The SMILES string of the molecule is CCOC(C)(C)C(=O)N[C@H](c1nc2cc([C@@H]3CC4CCC3CCC3CCC(CC4)[C@H](c4ccc5[nH]c([C@@H](N6C(=O)C6(C)OCC)C(C)(C)C)nc5c4)C3)ccc2[nH]1)C(C)(C)C. The van der Waals surface area contributed by atoms with E-state index in [-0.39, 0.29) is 34.7 Å². The van der Waals surface area contributed by atoms with E-state index in [0.29, 0.717) is 36.9 Å². The molecule has 9 atom stereocenters. The molecule has 2 aromatic carbocycles. The summed E-state index contributed by atoms with van der Waals surface area (Å²) in [5.41, 5.74) is 4.62. The van der Waals surface area contributed by atoms with Crippen molar-refractivity contribution in [2.75, 3.05) is 13.2 Å². The van der Waals surface area contributed by atoms with Gasteiger partial charge in [0.1, 0.15) is 17.2 Å². The molecule has 3 N–H and O–H groups in total. The van der Waals surface area contributed by atoms with Gasteiger partial charge in [0, 0.05) is 13.2 Å². The molecular weight excluding hydrogens is 761 g/mol. The number of hydrogen-bond donors (Lipinski definition) is 3. The van der Waals surface area contributed by atoms with E-state index in [2.05, 4.69) is 93.2 Å². The summed E-state index contributed by atoms with van der Waals surface area (Å²) >= 11 is 0. The first-order valence-electron chi connectivity index (χ1n) is 23.7. The molecule has 332 valence electrons. The van der Waals surface area contributed by atoms with Crippen molar-refractivity contribution in [3.05, 3.63) is 59.2 Å². The van der Waals surface area contributed by atoms with E-state index in [1.165, 1.54) is 75.3 Å². The van der Waals surface area contributed by atoms with Gasteiger partial charge in [0.25, 0.3) is 11.8 Å². The largest absolute Gasteiger partial charge is 0.366 e. The lowest BCUT2D eigenvalue weighted by Crippen LogP contribution is -2.48. The normalized spacial score (nSPS) is 28.5. The number of fused-ring (bicyclic) bond motifs is 2. The summed E-state index contributed by atoms with van der Waals surface area (Å²) in [7, 11) is 0. The second-order valence-corrected chi connectivity index (χ2v) is 22.1. The first-order valence-corrected chi connectivity index (χ1v) is 23.7. The number of rotatable bonds is 11. The van der Waals surface area contributed by atoms with Crippen LogP contribution in [0.3, 0.4) is 0 Å². The number of benzene rings is 2. The highest BCUT2D eigenvalue weighted by atomic mass is 16.5. The predicted molar refractivity (Wildman–Crippen MR) is 243 cm³/mol. The number of amides is 2. The first kappa shape index (κ1) is 43.9. The fourth-order valence-electron chi connectivity index (χ4n) is 11.8. The van der Waals surface area contributed by atoms with Gasteiger partial charge in [-0.15, -0.1) is 0 Å². The molecule has 0 radical (unpaired) electrons. The zero-order valence-corrected chi connectivity index (χ0v) is 39.0. The van der Waals surface area contributed by atoms with Crippen LogP contribution in [0.2, 0.25) is 0 Å². The predicted octanol–water partition coefficient (Wildman–Crippen LogP) is 11.4. The average molecular weight is 835 g/mol. The van der Waals surface area contributed by atoms with Crippen LogP contribution in [0.15, 0.2) is 36.4 Å². The molecule has 2 amide bonds. The summed E-state index contributed by atoms with van der Waals surface area (Å²) < 4.78 is 11.7. The standard InChI is InChI=1S/C51H74N6O4/c1-12-60-50(9,10)46(58)56-42(48(3,4)5)44-52-38-24-22-34(28-40(38)54-44)36-26-30-14-18-32(36)19-15-31-17-21-33(20-16-30)37(27-31)35-23-25-39-41(29-35)55-45(53-39)43(49(6,7)8)57-47(59)51(57,11)61-13-2/h22-25,28-33,36-37,42-43H,12-21,26-27H2,1-11H3,(H,52,54)(H,53,55)(H,56,58)/t30?,31?,32?,33?,36-,37-,42-,43-,51?,57?/m1/s1. The zero-order chi connectivity index (χ0) is 43.6. The van der Waals surface area contributed by atoms with E-state index in [9.17, 15) is 9.59 Å². The molecule has 7 aliphatic rings. The van der Waals surface area contributed by atoms with Crippen molar-refractivity contribution in [3.8, 4) is 0 Å². The molecule has 3 heterocycles. The van der Waals surface area contributed by atoms with Gasteiger partial charge in [0.05, 0.1) is 34.2 Å². The first-order chi connectivity index (χ1) is 28.8. The lowest BCUT2D eigenvalue weighted by atomic mass is 9.63. The summed E-state index contributed by atoms with van der Waals surface area (Å²) in [6.45, 7) is 23.3. The summed E-state index contributed by atoms with van der Waals surface area (Å²) in [4.78, 5) is 46.0. The van der Waals surface area contributed by atoms with Crippen LogP contribution in [-0.2, 0) is 19.1 Å². The molecule has 4 aromatic rings. The fourth-order valence-corrected chi connectivity index (χ4v) is 11.8. The van der Waals surface area contributed by atoms with Crippen LogP contribution in [0.1, 0.15) is 187 Å². The van der Waals surface area contributed by atoms with Gasteiger partial charge in [-0.1, -0.05) is 79.4 Å². The Morgan fingerprint density at radius 1 is 0.754 bits per heavy atom. The van der Waals surface area contributed by atoms with Gasteiger partial charge in [-0.3, -0.25) is 14.5 Å². The van der Waals surface area contributed by atoms with Crippen molar-refractivity contribution in [1.29, 1.82) is 0 Å². The molecule has 61 heavy (non-hydrogen) atoms. The molecule has 10 nitrogen and oxygen atoms in total. The minimum atomic E-state index is -0.924. The van der Waals surface area contributed by atoms with E-state index in [4.69, 9.17) is 19.4 Å². The minimum Gasteiger partial charge on any atom is -0.366 e. The molecule has 6 aliphatic carbocycles. The van der Waals surface area contributed by atoms with Crippen molar-refractivity contribution in [2.24, 2.45) is 34.5 Å². The average Bonchev–Trinajstić information content (AvgIpc) is 3.53. The van der Waals surface area contributed by atoms with Gasteiger partial charge in [0.15, 0.2) is 0 Å². The fraction of sp³-hybridized carbons (Fsp3) is 0.686. The number of H-pyrrole nitrogens is 2. The Labute approximate surface area is 364 Å². The number of nitrogens with zero attached hydrogens (tertiary/aromatic N) is 3. The van der Waals surface area contributed by atoms with Crippen LogP contribution in [0.4, 0.5) is 0 Å². The summed E-state index contributed by atoms with van der Waals surface area (Å²) in [6.07, 6.45) is 13.0. The van der Waals surface area contributed by atoms with Crippen molar-refractivity contribution in [3.63, 3.8) is 0 Å². The molecule has 11 rings (SSSR count). The molecule has 7 fully saturated rings. The van der Waals surface area contributed by atoms with Crippen molar-refractivity contribution in [1.82, 2.24) is 30.2 Å². The van der Waals surface area contributed by atoms with Crippen molar-refractivity contribution < 1.29 is 19.1 Å². The summed E-state index contributed by atoms with van der Waals surface area (Å²) in [5, 5.41) is 3.28. The molecule has 4 bridgehead atoms. The number of ether oxygens (including phenoxy) is 2. The molecule has 5 unspecified atom stereocenters. The third-order valence-corrected chi connectivity index (χ3v) is 15.3. The number of aromatic nitrogens is 4. The van der Waals surface area contributed by atoms with Crippen LogP contribution in [-0.4, -0.2) is 61.2 Å². The van der Waals surface area contributed by atoms with Crippen LogP contribution in [0.25, 0.3) is 22.1 Å². The number of nitrogens with one attached hydrogen (secondary N) is 3. The highest BCUT2D eigenvalue weighted by Gasteiger charge is 2.65. The Bertz CT molecular complexity index is 2230. The Morgan fingerprint density at radius 3 is 1.70 bits per heavy atom. The second-order valence-electron chi connectivity index (χ2n) is 22.1. The third kappa shape index (κ3) is 8.66. The molecule has 1 saturated heterocycles. The van der Waals surface area contributed by atoms with E-state index >= 15 is 0 Å². The third-order valence-electron chi connectivity index (χ3n) is 15.3. The monoisotopic (exact) mass is 835 g/mol. The van der Waals surface area contributed by atoms with E-state index in [1.54, 1.807) is 0 Å². The van der Waals surface area contributed by atoms with E-state index in [0.717, 1.165) is 45.6 Å². The Morgan fingerprint density at radius 2 is 1.25 bits per heavy atom. The Kier molecular flexibility index (Phi) is 11.8. The van der Waals surface area contributed by atoms with Crippen LogP contribution in [0.5, 0.6) is 0 Å². The molecular formula is C51H74N6O4. The van der Waals surface area contributed by atoms with Crippen molar-refractivity contribution >= 4 is 33.9 Å². The Hall–Kier alpha value is -3.76. The maximum Gasteiger partial charge on any atom is 0.279 e. The second kappa shape index (κ2) is 16.4. The lowest BCUT2D eigenvalue weighted by Gasteiger charge is -2.42. The molecule has 2 aromatic heterocycles. The van der Waals surface area contributed by atoms with E-state index in [1.807, 2.05) is 39.5 Å². The minimum absolute atomic E-state index is 0.0309. The highest BCUT2D eigenvalue weighted by molar-refractivity contribution is 6.00. The number of carbonyl (C=O) groups is 2.